The molecule has 0 unspecified atom stereocenters. The Morgan fingerprint density at radius 2 is 1.97 bits per heavy atom. The number of ether oxygens (including phenoxy) is 1. The van der Waals surface area contributed by atoms with Gasteiger partial charge in [0.15, 0.2) is 11.6 Å². The van der Waals surface area contributed by atoms with Gasteiger partial charge in [-0.2, -0.15) is 0 Å². The van der Waals surface area contributed by atoms with Crippen molar-refractivity contribution < 1.29 is 18.3 Å². The number of halogens is 2. The number of hydrogen-bond donors (Lipinski definition) is 3. The first-order chi connectivity index (χ1) is 14.4. The van der Waals surface area contributed by atoms with Gasteiger partial charge < -0.3 is 21.1 Å². The molecule has 0 aliphatic heterocycles. The molecule has 0 bridgehead atoms. The third-order valence-corrected chi connectivity index (χ3v) is 4.42. The van der Waals surface area contributed by atoms with E-state index in [2.05, 4.69) is 20.6 Å². The average Bonchev–Trinajstić information content (AvgIpc) is 2.72. The highest BCUT2D eigenvalue weighted by molar-refractivity contribution is 6.05. The van der Waals surface area contributed by atoms with Gasteiger partial charge in [0.05, 0.1) is 5.56 Å². The highest BCUT2D eigenvalue weighted by Crippen LogP contribution is 2.36. The van der Waals surface area contributed by atoms with Crippen LogP contribution in [0.4, 0.5) is 20.3 Å². The number of carbonyl (C=O) groups is 1. The fourth-order valence-electron chi connectivity index (χ4n) is 2.87. The Morgan fingerprint density at radius 3 is 2.70 bits per heavy atom. The van der Waals surface area contributed by atoms with Crippen LogP contribution < -0.4 is 21.1 Å². The van der Waals surface area contributed by atoms with Crippen molar-refractivity contribution >= 4 is 17.4 Å². The molecule has 9 heteroatoms. The topological polar surface area (TPSA) is 102 Å². The summed E-state index contributed by atoms with van der Waals surface area (Å²) < 4.78 is 34.0. The predicted octanol–water partition coefficient (Wildman–Crippen LogP) is 3.16. The standard InChI is InChI=1S/C21H21F2N5O2/c1-12-15(18-19(30-8-7-25-2)20(24)27-11-26-18)9-13(22)10-17(12)28-21(29)14-5-3-4-6-16(14)23/h3-6,9-11,25H,7-8H2,1-2H3,(H,28,29)(H2,24,26,27). The lowest BCUT2D eigenvalue weighted by atomic mass is 10.0. The summed E-state index contributed by atoms with van der Waals surface area (Å²) in [5.41, 5.74) is 7.14. The van der Waals surface area contributed by atoms with Crippen molar-refractivity contribution in [3.63, 3.8) is 0 Å². The molecule has 3 rings (SSSR count). The second kappa shape index (κ2) is 9.27. The Labute approximate surface area is 172 Å². The quantitative estimate of drug-likeness (QED) is 0.514. The summed E-state index contributed by atoms with van der Waals surface area (Å²) in [7, 11) is 1.77. The van der Waals surface area contributed by atoms with Crippen LogP contribution in [-0.4, -0.2) is 36.1 Å². The molecule has 4 N–H and O–H groups in total. The first-order valence-electron chi connectivity index (χ1n) is 9.16. The van der Waals surface area contributed by atoms with Gasteiger partial charge in [-0.3, -0.25) is 4.79 Å². The van der Waals surface area contributed by atoms with Crippen LogP contribution >= 0.6 is 0 Å². The second-order valence-electron chi connectivity index (χ2n) is 6.45. The first kappa shape index (κ1) is 21.1. The number of nitrogens with two attached hydrogens (primary N) is 1. The van der Waals surface area contributed by atoms with E-state index in [1.165, 1.54) is 30.6 Å². The molecule has 156 valence electrons. The van der Waals surface area contributed by atoms with Crippen molar-refractivity contribution in [2.75, 3.05) is 31.2 Å². The van der Waals surface area contributed by atoms with Crippen LogP contribution in [0.2, 0.25) is 0 Å². The van der Waals surface area contributed by atoms with Gasteiger partial charge in [0.1, 0.15) is 30.3 Å². The van der Waals surface area contributed by atoms with E-state index in [0.29, 0.717) is 24.3 Å². The van der Waals surface area contributed by atoms with Gasteiger partial charge in [-0.05, 0) is 43.8 Å². The van der Waals surface area contributed by atoms with Crippen molar-refractivity contribution in [2.24, 2.45) is 0 Å². The molecule has 2 aromatic carbocycles. The lowest BCUT2D eigenvalue weighted by Gasteiger charge is -2.16. The predicted molar refractivity (Wildman–Crippen MR) is 110 cm³/mol. The summed E-state index contributed by atoms with van der Waals surface area (Å²) >= 11 is 0. The number of benzene rings is 2. The van der Waals surface area contributed by atoms with Crippen LogP contribution in [0.1, 0.15) is 15.9 Å². The van der Waals surface area contributed by atoms with Gasteiger partial charge in [0.25, 0.3) is 5.91 Å². The number of hydrogen-bond acceptors (Lipinski definition) is 6. The van der Waals surface area contributed by atoms with Gasteiger partial charge in [-0.1, -0.05) is 12.1 Å². The van der Waals surface area contributed by atoms with Crippen molar-refractivity contribution in [3.8, 4) is 17.0 Å². The molecule has 0 saturated carbocycles. The van der Waals surface area contributed by atoms with Crippen molar-refractivity contribution in [2.45, 2.75) is 6.92 Å². The van der Waals surface area contributed by atoms with E-state index in [-0.39, 0.29) is 28.5 Å². The minimum Gasteiger partial charge on any atom is -0.486 e. The molecule has 0 saturated heterocycles. The van der Waals surface area contributed by atoms with Crippen LogP contribution in [0, 0.1) is 18.6 Å². The number of amides is 1. The summed E-state index contributed by atoms with van der Waals surface area (Å²) in [4.78, 5) is 20.6. The number of nitrogens with zero attached hydrogens (tertiary/aromatic N) is 2. The number of carbonyl (C=O) groups excluding carboxylic acids is 1. The van der Waals surface area contributed by atoms with E-state index in [4.69, 9.17) is 10.5 Å². The maximum atomic E-state index is 14.4. The number of rotatable bonds is 7. The number of aromatic nitrogens is 2. The van der Waals surface area contributed by atoms with Gasteiger partial charge in [0.2, 0.25) is 0 Å². The molecule has 0 radical (unpaired) electrons. The normalized spacial score (nSPS) is 10.7. The molecule has 1 aromatic heterocycles. The molecule has 0 atom stereocenters. The molecular formula is C21H21F2N5O2. The van der Waals surface area contributed by atoms with Gasteiger partial charge in [-0.25, -0.2) is 18.7 Å². The SMILES string of the molecule is CNCCOc1c(N)ncnc1-c1cc(F)cc(NC(=O)c2ccccc2F)c1C. The summed E-state index contributed by atoms with van der Waals surface area (Å²) in [6, 6.07) is 7.97. The van der Waals surface area contributed by atoms with Crippen LogP contribution in [0.3, 0.4) is 0 Å². The molecule has 30 heavy (non-hydrogen) atoms. The first-order valence-corrected chi connectivity index (χ1v) is 9.16. The van der Waals surface area contributed by atoms with Gasteiger partial charge in [0, 0.05) is 17.8 Å². The zero-order valence-corrected chi connectivity index (χ0v) is 16.5. The van der Waals surface area contributed by atoms with E-state index >= 15 is 0 Å². The zero-order valence-electron chi connectivity index (χ0n) is 16.5. The lowest BCUT2D eigenvalue weighted by Crippen LogP contribution is -2.17. The van der Waals surface area contributed by atoms with Gasteiger partial charge in [-0.15, -0.1) is 0 Å². The Hall–Kier alpha value is -3.59. The average molecular weight is 413 g/mol. The summed E-state index contributed by atoms with van der Waals surface area (Å²) in [5.74, 6) is -1.66. The minimum atomic E-state index is -0.694. The van der Waals surface area contributed by atoms with Crippen LogP contribution in [0.15, 0.2) is 42.7 Å². The van der Waals surface area contributed by atoms with Gasteiger partial charge >= 0.3 is 0 Å². The highest BCUT2D eigenvalue weighted by atomic mass is 19.1. The van der Waals surface area contributed by atoms with E-state index in [0.717, 1.165) is 6.07 Å². The summed E-state index contributed by atoms with van der Waals surface area (Å²) in [5, 5.41) is 5.50. The van der Waals surface area contributed by atoms with Crippen molar-refractivity contribution in [1.29, 1.82) is 0 Å². The Bertz CT molecular complexity index is 1080. The number of nitrogens with one attached hydrogen (secondary N) is 2. The van der Waals surface area contributed by atoms with Crippen LogP contribution in [0.5, 0.6) is 5.75 Å². The minimum absolute atomic E-state index is 0.108. The lowest BCUT2D eigenvalue weighted by molar-refractivity contribution is 0.102. The summed E-state index contributed by atoms with van der Waals surface area (Å²) in [6.45, 7) is 2.54. The zero-order chi connectivity index (χ0) is 21.7. The number of nitrogen functional groups attached to an aromatic ring is 1. The summed E-state index contributed by atoms with van der Waals surface area (Å²) in [6.07, 6.45) is 1.25. The Morgan fingerprint density at radius 1 is 1.20 bits per heavy atom. The Balaban J connectivity index is 2.01. The molecule has 1 heterocycles. The van der Waals surface area contributed by atoms with Crippen molar-refractivity contribution in [1.82, 2.24) is 15.3 Å². The fraction of sp³-hybridized carbons (Fsp3) is 0.190. The smallest absolute Gasteiger partial charge is 0.258 e. The molecule has 0 spiro atoms. The molecule has 7 nitrogen and oxygen atoms in total. The maximum absolute atomic E-state index is 14.4. The third kappa shape index (κ3) is 4.52. The number of likely N-dealkylation sites (N-methyl/N-ethyl adjacent to an activating group) is 1. The van der Waals surface area contributed by atoms with E-state index in [9.17, 15) is 13.6 Å². The van der Waals surface area contributed by atoms with Crippen molar-refractivity contribution in [3.05, 3.63) is 65.5 Å². The molecule has 3 aromatic rings. The molecule has 1 amide bonds. The molecule has 0 aliphatic rings. The molecule has 0 aliphatic carbocycles. The Kier molecular flexibility index (Phi) is 6.53. The molecular weight excluding hydrogens is 392 g/mol. The monoisotopic (exact) mass is 413 g/mol. The second-order valence-corrected chi connectivity index (χ2v) is 6.45. The fourth-order valence-corrected chi connectivity index (χ4v) is 2.87. The third-order valence-electron chi connectivity index (χ3n) is 4.42. The van der Waals surface area contributed by atoms with E-state index in [1.807, 2.05) is 0 Å². The number of anilines is 2. The van der Waals surface area contributed by atoms with Crippen LogP contribution in [0.25, 0.3) is 11.3 Å². The largest absolute Gasteiger partial charge is 0.486 e. The van der Waals surface area contributed by atoms with E-state index < -0.39 is 17.5 Å². The molecule has 0 fully saturated rings. The van der Waals surface area contributed by atoms with E-state index in [1.54, 1.807) is 20.0 Å². The van der Waals surface area contributed by atoms with Crippen LogP contribution in [-0.2, 0) is 0 Å². The highest BCUT2D eigenvalue weighted by Gasteiger charge is 2.19. The maximum Gasteiger partial charge on any atom is 0.258 e.